The molecule has 1 N–H and O–H groups in total. The lowest BCUT2D eigenvalue weighted by Gasteiger charge is -2.45. The van der Waals surface area contributed by atoms with Crippen LogP contribution < -0.4 is 4.74 Å². The molecule has 0 radical (unpaired) electrons. The van der Waals surface area contributed by atoms with Gasteiger partial charge >= 0.3 is 12.6 Å². The lowest BCUT2D eigenvalue weighted by molar-refractivity contribution is -0.145. The van der Waals surface area contributed by atoms with Gasteiger partial charge in [-0.1, -0.05) is 6.07 Å². The predicted molar refractivity (Wildman–Crippen MR) is 89.5 cm³/mol. The fraction of sp³-hybridized carbons (Fsp3) is 0.500. The molecule has 1 aromatic carbocycles. The van der Waals surface area contributed by atoms with Crippen molar-refractivity contribution < 1.29 is 33.0 Å². The van der Waals surface area contributed by atoms with Gasteiger partial charge in [-0.25, -0.2) is 0 Å². The maximum Gasteiger partial charge on any atom is 0.387 e. The van der Waals surface area contributed by atoms with Crippen LogP contribution in [0.4, 0.5) is 8.78 Å². The molecule has 2 aliphatic heterocycles. The highest BCUT2D eigenvalue weighted by atomic mass is 19.3. The molecule has 1 atom stereocenters. The summed E-state index contributed by atoms with van der Waals surface area (Å²) in [5.41, 5.74) is -0.574. The van der Waals surface area contributed by atoms with Crippen LogP contribution in [-0.2, 0) is 9.59 Å². The molecule has 2 heterocycles. The Morgan fingerprint density at radius 1 is 1.30 bits per heavy atom. The van der Waals surface area contributed by atoms with E-state index in [-0.39, 0.29) is 42.6 Å². The Hall–Kier alpha value is -2.71. The second kappa shape index (κ2) is 7.13. The molecule has 0 aromatic heterocycles. The standard InChI is InChI=1S/C18H20F2N2O5/c1-21-14(23)10-13(16(25)26)18(21)5-7-22(8-6-18)15(24)11-3-2-4-12(9-11)27-17(19)20/h2-4,9,13,17H,5-8,10H2,1H3,(H,25,26)/t13-/m1/s1. The first-order chi connectivity index (χ1) is 12.7. The van der Waals surface area contributed by atoms with Crippen LogP contribution in [-0.4, -0.2) is 65.0 Å². The van der Waals surface area contributed by atoms with Crippen molar-refractivity contribution in [1.29, 1.82) is 0 Å². The quantitative estimate of drug-likeness (QED) is 0.859. The van der Waals surface area contributed by atoms with Gasteiger partial charge in [0.25, 0.3) is 5.91 Å². The molecule has 1 aromatic rings. The summed E-state index contributed by atoms with van der Waals surface area (Å²) < 4.78 is 29.0. The molecule has 3 rings (SSSR count). The fourth-order valence-corrected chi connectivity index (χ4v) is 4.07. The number of halogens is 2. The van der Waals surface area contributed by atoms with Crippen molar-refractivity contribution in [3.8, 4) is 5.75 Å². The molecule has 0 bridgehead atoms. The van der Waals surface area contributed by atoms with Crippen LogP contribution in [0, 0.1) is 5.92 Å². The zero-order valence-electron chi connectivity index (χ0n) is 14.7. The largest absolute Gasteiger partial charge is 0.481 e. The number of carbonyl (C=O) groups excluding carboxylic acids is 2. The lowest BCUT2D eigenvalue weighted by Crippen LogP contribution is -2.56. The van der Waals surface area contributed by atoms with Crippen molar-refractivity contribution in [3.05, 3.63) is 29.8 Å². The minimum Gasteiger partial charge on any atom is -0.481 e. The zero-order chi connectivity index (χ0) is 19.8. The lowest BCUT2D eigenvalue weighted by atomic mass is 9.77. The summed E-state index contributed by atoms with van der Waals surface area (Å²) in [6.07, 6.45) is 0.670. The van der Waals surface area contributed by atoms with Gasteiger partial charge in [0.05, 0.1) is 11.5 Å². The summed E-state index contributed by atoms with van der Waals surface area (Å²) >= 11 is 0. The van der Waals surface area contributed by atoms with Gasteiger partial charge in [-0.05, 0) is 31.0 Å². The van der Waals surface area contributed by atoms with E-state index in [0.29, 0.717) is 12.8 Å². The van der Waals surface area contributed by atoms with Crippen molar-refractivity contribution >= 4 is 17.8 Å². The molecule has 146 valence electrons. The molecule has 7 nitrogen and oxygen atoms in total. The first kappa shape index (κ1) is 19.1. The second-order valence-electron chi connectivity index (χ2n) is 6.85. The highest BCUT2D eigenvalue weighted by Gasteiger charge is 2.55. The third kappa shape index (κ3) is 3.45. The van der Waals surface area contributed by atoms with E-state index in [1.165, 1.54) is 29.2 Å². The number of carboxylic acid groups (broad SMARTS) is 1. The highest BCUT2D eigenvalue weighted by molar-refractivity contribution is 5.95. The number of amides is 2. The minimum absolute atomic E-state index is 0.0349. The van der Waals surface area contributed by atoms with E-state index < -0.39 is 24.0 Å². The van der Waals surface area contributed by atoms with Crippen LogP contribution >= 0.6 is 0 Å². The van der Waals surface area contributed by atoms with E-state index >= 15 is 0 Å². The van der Waals surface area contributed by atoms with E-state index in [9.17, 15) is 28.3 Å². The molecule has 9 heteroatoms. The predicted octanol–water partition coefficient (Wildman–Crippen LogP) is 1.83. The van der Waals surface area contributed by atoms with Crippen LogP contribution in [0.25, 0.3) is 0 Å². The van der Waals surface area contributed by atoms with Gasteiger partial charge in [-0.3, -0.25) is 14.4 Å². The topological polar surface area (TPSA) is 87.2 Å². The van der Waals surface area contributed by atoms with Gasteiger partial charge in [0.15, 0.2) is 0 Å². The van der Waals surface area contributed by atoms with E-state index in [2.05, 4.69) is 4.74 Å². The molecule has 27 heavy (non-hydrogen) atoms. The van der Waals surface area contributed by atoms with Crippen molar-refractivity contribution in [2.24, 2.45) is 5.92 Å². The van der Waals surface area contributed by atoms with Crippen LogP contribution in [0.3, 0.4) is 0 Å². The number of benzene rings is 1. The van der Waals surface area contributed by atoms with Gasteiger partial charge in [0.1, 0.15) is 5.75 Å². The van der Waals surface area contributed by atoms with Crippen LogP contribution in [0.1, 0.15) is 29.6 Å². The number of piperidine rings is 1. The summed E-state index contributed by atoms with van der Waals surface area (Å²) in [5.74, 6) is -2.46. The SMILES string of the molecule is CN1C(=O)C[C@H](C(=O)O)C12CCN(C(=O)c1cccc(OC(F)F)c1)CC2. The summed E-state index contributed by atoms with van der Waals surface area (Å²) in [5, 5.41) is 9.49. The fourth-order valence-electron chi connectivity index (χ4n) is 4.07. The number of rotatable bonds is 4. The Labute approximate surface area is 154 Å². The molecule has 2 fully saturated rings. The Bertz CT molecular complexity index is 762. The first-order valence-corrected chi connectivity index (χ1v) is 8.58. The van der Waals surface area contributed by atoms with Crippen LogP contribution in [0.15, 0.2) is 24.3 Å². The maximum absolute atomic E-state index is 12.7. The monoisotopic (exact) mass is 382 g/mol. The van der Waals surface area contributed by atoms with Crippen LogP contribution in [0.2, 0.25) is 0 Å². The Kier molecular flexibility index (Phi) is 5.03. The van der Waals surface area contributed by atoms with E-state index in [1.54, 1.807) is 11.9 Å². The van der Waals surface area contributed by atoms with Crippen LogP contribution in [0.5, 0.6) is 5.75 Å². The molecular formula is C18H20F2N2O5. The molecular weight excluding hydrogens is 362 g/mol. The number of aliphatic carboxylic acids is 1. The normalized spacial score (nSPS) is 21.8. The van der Waals surface area contributed by atoms with E-state index in [4.69, 9.17) is 0 Å². The van der Waals surface area contributed by atoms with Crippen molar-refractivity contribution in [1.82, 2.24) is 9.80 Å². The molecule has 2 amide bonds. The van der Waals surface area contributed by atoms with Crippen molar-refractivity contribution in [2.45, 2.75) is 31.4 Å². The Balaban J connectivity index is 1.73. The number of ether oxygens (including phenoxy) is 1. The molecule has 0 unspecified atom stereocenters. The summed E-state index contributed by atoms with van der Waals surface area (Å²) in [4.78, 5) is 39.4. The second-order valence-corrected chi connectivity index (χ2v) is 6.85. The molecule has 0 aliphatic carbocycles. The van der Waals surface area contributed by atoms with Crippen molar-refractivity contribution in [3.63, 3.8) is 0 Å². The van der Waals surface area contributed by atoms with Gasteiger partial charge in [-0.15, -0.1) is 0 Å². The van der Waals surface area contributed by atoms with Gasteiger partial charge in [-0.2, -0.15) is 8.78 Å². The van der Waals surface area contributed by atoms with E-state index in [0.717, 1.165) is 0 Å². The molecule has 0 saturated carbocycles. The van der Waals surface area contributed by atoms with Gasteiger partial charge in [0, 0.05) is 32.1 Å². The molecule has 1 spiro atoms. The van der Waals surface area contributed by atoms with Crippen molar-refractivity contribution in [2.75, 3.05) is 20.1 Å². The summed E-state index contributed by atoms with van der Waals surface area (Å²) in [7, 11) is 1.61. The highest BCUT2D eigenvalue weighted by Crippen LogP contribution is 2.43. The maximum atomic E-state index is 12.7. The third-order valence-corrected chi connectivity index (χ3v) is 5.59. The number of hydrogen-bond acceptors (Lipinski definition) is 4. The number of carbonyl (C=O) groups is 3. The average molecular weight is 382 g/mol. The van der Waals surface area contributed by atoms with Gasteiger partial charge < -0.3 is 19.6 Å². The Morgan fingerprint density at radius 3 is 2.56 bits per heavy atom. The number of carboxylic acids is 1. The molecule has 2 aliphatic rings. The smallest absolute Gasteiger partial charge is 0.387 e. The Morgan fingerprint density at radius 2 is 1.96 bits per heavy atom. The number of likely N-dealkylation sites (tertiary alicyclic amines) is 2. The summed E-state index contributed by atoms with van der Waals surface area (Å²) in [6, 6.07) is 5.56. The molecule has 2 saturated heterocycles. The zero-order valence-corrected chi connectivity index (χ0v) is 14.7. The minimum atomic E-state index is -2.98. The number of nitrogens with zero attached hydrogens (tertiary/aromatic N) is 2. The van der Waals surface area contributed by atoms with Gasteiger partial charge in [0.2, 0.25) is 5.91 Å². The third-order valence-electron chi connectivity index (χ3n) is 5.59. The summed E-state index contributed by atoms with van der Waals surface area (Å²) in [6.45, 7) is -2.42. The number of hydrogen-bond donors (Lipinski definition) is 1. The van der Waals surface area contributed by atoms with E-state index in [1.807, 2.05) is 0 Å². The first-order valence-electron chi connectivity index (χ1n) is 8.58. The number of alkyl halides is 2. The average Bonchev–Trinajstić information content (AvgIpc) is 2.87.